The first-order valence-electron chi connectivity index (χ1n) is 8.32. The van der Waals surface area contributed by atoms with Crippen LogP contribution in [0, 0.1) is 5.82 Å². The molecule has 1 aromatic carbocycles. The fourth-order valence-electron chi connectivity index (χ4n) is 3.15. The minimum Gasteiger partial charge on any atom is -0.394 e. The molecule has 0 amide bonds. The van der Waals surface area contributed by atoms with E-state index in [4.69, 9.17) is 5.11 Å². The summed E-state index contributed by atoms with van der Waals surface area (Å²) in [5, 5.41) is 24.9. The van der Waals surface area contributed by atoms with E-state index in [9.17, 15) is 22.7 Å². The summed E-state index contributed by atoms with van der Waals surface area (Å²) in [6.07, 6.45) is -3.47. The monoisotopic (exact) mass is 373 g/mol. The molecule has 3 N–H and O–H groups in total. The van der Waals surface area contributed by atoms with Crippen LogP contribution < -0.4 is 5.32 Å². The number of anilines is 1. The van der Waals surface area contributed by atoms with Crippen molar-refractivity contribution < 1.29 is 27.8 Å². The Balaban J connectivity index is 2.08. The van der Waals surface area contributed by atoms with E-state index in [0.29, 0.717) is 25.0 Å². The Morgan fingerprint density at radius 2 is 1.96 bits per heavy atom. The van der Waals surface area contributed by atoms with Crippen molar-refractivity contribution in [1.82, 2.24) is 9.78 Å². The maximum Gasteiger partial charge on any atom is 0.435 e. The first-order chi connectivity index (χ1) is 12.3. The molecule has 1 aliphatic rings. The maximum atomic E-state index is 13.6. The van der Waals surface area contributed by atoms with Gasteiger partial charge in [-0.05, 0) is 43.9 Å². The second-order valence-electron chi connectivity index (χ2n) is 6.27. The highest BCUT2D eigenvalue weighted by atomic mass is 19.4. The molecule has 5 nitrogen and oxygen atoms in total. The van der Waals surface area contributed by atoms with E-state index >= 15 is 0 Å². The van der Waals surface area contributed by atoms with Crippen molar-refractivity contribution >= 4 is 5.69 Å². The fourth-order valence-corrected chi connectivity index (χ4v) is 3.15. The number of nitrogens with one attached hydrogen (secondary N) is 1. The summed E-state index contributed by atoms with van der Waals surface area (Å²) in [7, 11) is 0. The van der Waals surface area contributed by atoms with Gasteiger partial charge in [-0.2, -0.15) is 18.3 Å². The number of alkyl halides is 3. The third kappa shape index (κ3) is 3.68. The Labute approximate surface area is 147 Å². The molecule has 142 valence electrons. The van der Waals surface area contributed by atoms with Crippen LogP contribution in [-0.4, -0.2) is 39.2 Å². The number of aliphatic hydroxyl groups is 2. The molecule has 3 rings (SSSR count). The normalized spacial score (nSPS) is 15.6. The second kappa shape index (κ2) is 7.24. The maximum absolute atomic E-state index is 13.6. The molecule has 0 saturated carbocycles. The predicted octanol–water partition coefficient (Wildman–Crippen LogP) is 2.67. The van der Waals surface area contributed by atoms with Crippen molar-refractivity contribution in [1.29, 1.82) is 0 Å². The average Bonchev–Trinajstić information content (AvgIpc) is 2.99. The van der Waals surface area contributed by atoms with Gasteiger partial charge in [0.2, 0.25) is 0 Å². The number of nitrogens with zero attached hydrogens (tertiary/aromatic N) is 2. The van der Waals surface area contributed by atoms with Gasteiger partial charge < -0.3 is 15.5 Å². The predicted molar refractivity (Wildman–Crippen MR) is 86.7 cm³/mol. The molecule has 0 aliphatic heterocycles. The van der Waals surface area contributed by atoms with Gasteiger partial charge in [0, 0.05) is 17.8 Å². The molecule has 0 saturated heterocycles. The van der Waals surface area contributed by atoms with Crippen LogP contribution in [0.15, 0.2) is 18.2 Å². The zero-order valence-electron chi connectivity index (χ0n) is 13.9. The number of hydrogen-bond donors (Lipinski definition) is 3. The number of halogens is 4. The number of fused-ring (bicyclic) bond motifs is 1. The molecule has 2 aromatic rings. The summed E-state index contributed by atoms with van der Waals surface area (Å²) in [6.45, 7) is -0.574. The van der Waals surface area contributed by atoms with Gasteiger partial charge in [-0.15, -0.1) is 0 Å². The quantitative estimate of drug-likeness (QED) is 0.705. The van der Waals surface area contributed by atoms with E-state index < -0.39 is 30.4 Å². The van der Waals surface area contributed by atoms with Crippen LogP contribution in [0.25, 0.3) is 5.69 Å². The smallest absolute Gasteiger partial charge is 0.394 e. The van der Waals surface area contributed by atoms with Crippen molar-refractivity contribution in [3.05, 3.63) is 41.0 Å². The van der Waals surface area contributed by atoms with Gasteiger partial charge in [0.1, 0.15) is 5.82 Å². The van der Waals surface area contributed by atoms with Gasteiger partial charge in [0.25, 0.3) is 0 Å². The Hall–Kier alpha value is -2.13. The van der Waals surface area contributed by atoms with Crippen molar-refractivity contribution in [2.45, 2.75) is 38.0 Å². The lowest BCUT2D eigenvalue weighted by Crippen LogP contribution is -2.23. The van der Waals surface area contributed by atoms with Crippen LogP contribution in [0.5, 0.6) is 0 Å². The van der Waals surface area contributed by atoms with Gasteiger partial charge in [0.05, 0.1) is 24.1 Å². The van der Waals surface area contributed by atoms with E-state index in [-0.39, 0.29) is 23.5 Å². The topological polar surface area (TPSA) is 70.3 Å². The molecule has 1 unspecified atom stereocenters. The first kappa shape index (κ1) is 18.7. The summed E-state index contributed by atoms with van der Waals surface area (Å²) in [5.41, 5.74) is 0.223. The van der Waals surface area contributed by atoms with E-state index in [1.807, 2.05) is 0 Å². The van der Waals surface area contributed by atoms with Crippen LogP contribution in [0.3, 0.4) is 0 Å². The molecular formula is C17H19F4N3O2. The van der Waals surface area contributed by atoms with Crippen LogP contribution in [0.1, 0.15) is 29.8 Å². The lowest BCUT2D eigenvalue weighted by Gasteiger charge is -2.18. The van der Waals surface area contributed by atoms with Crippen molar-refractivity contribution in [3.8, 4) is 5.69 Å². The van der Waals surface area contributed by atoms with Crippen molar-refractivity contribution in [2.75, 3.05) is 18.5 Å². The van der Waals surface area contributed by atoms with E-state index in [1.54, 1.807) is 0 Å². The number of aromatic nitrogens is 2. The summed E-state index contributed by atoms with van der Waals surface area (Å²) < 4.78 is 54.9. The van der Waals surface area contributed by atoms with Crippen LogP contribution in [0.4, 0.5) is 23.2 Å². The third-order valence-electron chi connectivity index (χ3n) is 4.37. The molecule has 1 aliphatic carbocycles. The van der Waals surface area contributed by atoms with E-state index in [1.165, 1.54) is 10.7 Å². The van der Waals surface area contributed by atoms with Crippen molar-refractivity contribution in [3.63, 3.8) is 0 Å². The number of hydrogen-bond acceptors (Lipinski definition) is 4. The lowest BCUT2D eigenvalue weighted by molar-refractivity contribution is -0.142. The molecule has 0 spiro atoms. The molecule has 0 radical (unpaired) electrons. The van der Waals surface area contributed by atoms with Crippen molar-refractivity contribution in [2.24, 2.45) is 0 Å². The lowest BCUT2D eigenvalue weighted by atomic mass is 9.95. The van der Waals surface area contributed by atoms with Gasteiger partial charge in [0.15, 0.2) is 5.69 Å². The van der Waals surface area contributed by atoms with Gasteiger partial charge in [-0.1, -0.05) is 0 Å². The molecule has 0 fully saturated rings. The molecule has 1 heterocycles. The Morgan fingerprint density at radius 1 is 1.23 bits per heavy atom. The Bertz CT molecular complexity index is 789. The minimum atomic E-state index is -4.56. The Kier molecular flexibility index (Phi) is 5.19. The van der Waals surface area contributed by atoms with Crippen LogP contribution >= 0.6 is 0 Å². The summed E-state index contributed by atoms with van der Waals surface area (Å²) in [4.78, 5) is 0. The van der Waals surface area contributed by atoms with Gasteiger partial charge >= 0.3 is 6.18 Å². The standard InChI is InChI=1S/C17H19F4N3O2/c18-10-5-6-15(13(7-10)22-8-11(26)9-25)24-14-4-2-1-3-12(14)16(23-24)17(19,20)21/h5-7,11,22,25-26H,1-4,8-9H2. The fraction of sp³-hybridized carbons (Fsp3) is 0.471. The molecule has 0 bridgehead atoms. The summed E-state index contributed by atoms with van der Waals surface area (Å²) >= 11 is 0. The third-order valence-corrected chi connectivity index (χ3v) is 4.37. The van der Waals surface area contributed by atoms with Crippen LogP contribution in [-0.2, 0) is 19.0 Å². The molecule has 1 aromatic heterocycles. The van der Waals surface area contributed by atoms with Crippen LogP contribution in [0.2, 0.25) is 0 Å². The largest absolute Gasteiger partial charge is 0.435 e. The number of benzene rings is 1. The molecular weight excluding hydrogens is 354 g/mol. The highest BCUT2D eigenvalue weighted by Crippen LogP contribution is 2.37. The highest BCUT2D eigenvalue weighted by molar-refractivity contribution is 5.62. The summed E-state index contributed by atoms with van der Waals surface area (Å²) in [6, 6.07) is 3.63. The number of rotatable bonds is 5. The van der Waals surface area contributed by atoms with E-state index in [2.05, 4.69) is 10.4 Å². The van der Waals surface area contributed by atoms with E-state index in [0.717, 1.165) is 18.6 Å². The first-order valence-corrected chi connectivity index (χ1v) is 8.32. The Morgan fingerprint density at radius 3 is 2.65 bits per heavy atom. The second-order valence-corrected chi connectivity index (χ2v) is 6.27. The zero-order valence-corrected chi connectivity index (χ0v) is 13.9. The zero-order chi connectivity index (χ0) is 18.9. The van der Waals surface area contributed by atoms with Gasteiger partial charge in [-0.3, -0.25) is 0 Å². The average molecular weight is 373 g/mol. The molecule has 1 atom stereocenters. The highest BCUT2D eigenvalue weighted by Gasteiger charge is 2.39. The number of aliphatic hydroxyl groups excluding tert-OH is 2. The SMILES string of the molecule is OCC(O)CNc1cc(F)ccc1-n1nc(C(F)(F)F)c2c1CCCC2. The molecule has 9 heteroatoms. The molecule has 26 heavy (non-hydrogen) atoms. The minimum absolute atomic E-state index is 0.0808. The summed E-state index contributed by atoms with van der Waals surface area (Å²) in [5.74, 6) is -0.577. The van der Waals surface area contributed by atoms with Gasteiger partial charge in [-0.25, -0.2) is 9.07 Å².